The molecule has 1 aliphatic carbocycles. The van der Waals surface area contributed by atoms with Crippen molar-refractivity contribution < 1.29 is 5.11 Å². The minimum absolute atomic E-state index is 0.000697. The maximum atomic E-state index is 9.76. The van der Waals surface area contributed by atoms with Gasteiger partial charge in [0, 0.05) is 18.6 Å². The van der Waals surface area contributed by atoms with Crippen molar-refractivity contribution in [2.45, 2.75) is 63.1 Å². The molecule has 0 aromatic heterocycles. The summed E-state index contributed by atoms with van der Waals surface area (Å²) in [5.41, 5.74) is 0. The van der Waals surface area contributed by atoms with Gasteiger partial charge in [-0.2, -0.15) is 0 Å². The maximum Gasteiger partial charge on any atom is 0.0570 e. The standard InChI is InChI=1S/C12H21NO/c14-12-6-10-2-1-3-11(7-12)13(10)8-9-4-5-9/h9-12,14H,1-8H2. The highest BCUT2D eigenvalue weighted by atomic mass is 16.3. The van der Waals surface area contributed by atoms with Gasteiger partial charge in [-0.3, -0.25) is 4.90 Å². The van der Waals surface area contributed by atoms with Crippen LogP contribution in [0.5, 0.6) is 0 Å². The zero-order valence-electron chi connectivity index (χ0n) is 8.86. The molecule has 1 N–H and O–H groups in total. The molecule has 2 bridgehead atoms. The van der Waals surface area contributed by atoms with Gasteiger partial charge in [0.15, 0.2) is 0 Å². The zero-order chi connectivity index (χ0) is 9.54. The lowest BCUT2D eigenvalue weighted by molar-refractivity contribution is -0.0285. The maximum absolute atomic E-state index is 9.76. The van der Waals surface area contributed by atoms with E-state index >= 15 is 0 Å². The van der Waals surface area contributed by atoms with Gasteiger partial charge in [-0.15, -0.1) is 0 Å². The molecule has 0 radical (unpaired) electrons. The average molecular weight is 195 g/mol. The molecule has 3 aliphatic rings. The first-order chi connectivity index (χ1) is 6.83. The Morgan fingerprint density at radius 3 is 2.21 bits per heavy atom. The van der Waals surface area contributed by atoms with Crippen molar-refractivity contribution in [2.24, 2.45) is 5.92 Å². The van der Waals surface area contributed by atoms with E-state index in [1.165, 1.54) is 38.6 Å². The van der Waals surface area contributed by atoms with Gasteiger partial charge in [0.25, 0.3) is 0 Å². The second kappa shape index (κ2) is 3.49. The first kappa shape index (κ1) is 9.17. The molecule has 14 heavy (non-hydrogen) atoms. The molecule has 0 amide bonds. The first-order valence-corrected chi connectivity index (χ1v) is 6.27. The van der Waals surface area contributed by atoms with Gasteiger partial charge in [0.05, 0.1) is 6.10 Å². The molecule has 2 heteroatoms. The Labute approximate surface area is 86.3 Å². The van der Waals surface area contributed by atoms with Crippen LogP contribution in [-0.4, -0.2) is 34.7 Å². The number of fused-ring (bicyclic) bond motifs is 2. The van der Waals surface area contributed by atoms with E-state index in [0.717, 1.165) is 30.8 Å². The highest BCUT2D eigenvalue weighted by molar-refractivity contribution is 4.94. The summed E-state index contributed by atoms with van der Waals surface area (Å²) < 4.78 is 0. The number of aliphatic hydroxyl groups excluding tert-OH is 1. The molecule has 1 saturated carbocycles. The average Bonchev–Trinajstić information content (AvgIpc) is 2.90. The van der Waals surface area contributed by atoms with Crippen LogP contribution in [-0.2, 0) is 0 Å². The van der Waals surface area contributed by atoms with E-state index in [2.05, 4.69) is 4.90 Å². The molecular formula is C12H21NO. The Morgan fingerprint density at radius 1 is 1.00 bits per heavy atom. The van der Waals surface area contributed by atoms with Crippen molar-refractivity contribution in [2.75, 3.05) is 6.54 Å². The fraction of sp³-hybridized carbons (Fsp3) is 1.00. The van der Waals surface area contributed by atoms with Gasteiger partial charge >= 0.3 is 0 Å². The van der Waals surface area contributed by atoms with Crippen LogP contribution in [0.2, 0.25) is 0 Å². The largest absolute Gasteiger partial charge is 0.393 e. The number of hydrogen-bond acceptors (Lipinski definition) is 2. The molecule has 2 nitrogen and oxygen atoms in total. The summed E-state index contributed by atoms with van der Waals surface area (Å²) in [4.78, 5) is 2.73. The Balaban J connectivity index is 1.68. The summed E-state index contributed by atoms with van der Waals surface area (Å²) in [7, 11) is 0. The van der Waals surface area contributed by atoms with Crippen molar-refractivity contribution in [3.05, 3.63) is 0 Å². The normalized spacial score (nSPS) is 43.9. The summed E-state index contributed by atoms with van der Waals surface area (Å²) in [6, 6.07) is 1.44. The van der Waals surface area contributed by atoms with E-state index in [1.807, 2.05) is 0 Å². The van der Waals surface area contributed by atoms with Gasteiger partial charge in [-0.05, 0) is 44.4 Å². The quantitative estimate of drug-likeness (QED) is 0.726. The number of nitrogens with zero attached hydrogens (tertiary/aromatic N) is 1. The molecular weight excluding hydrogens is 174 g/mol. The summed E-state index contributed by atoms with van der Waals surface area (Å²) >= 11 is 0. The Kier molecular flexibility index (Phi) is 2.29. The van der Waals surface area contributed by atoms with Crippen LogP contribution in [0.4, 0.5) is 0 Å². The molecule has 3 fully saturated rings. The lowest BCUT2D eigenvalue weighted by atomic mass is 9.83. The summed E-state index contributed by atoms with van der Waals surface area (Å²) in [5.74, 6) is 1.01. The molecule has 2 unspecified atom stereocenters. The zero-order valence-corrected chi connectivity index (χ0v) is 8.86. The fourth-order valence-electron chi connectivity index (χ4n) is 3.35. The van der Waals surface area contributed by atoms with Gasteiger partial charge in [0.1, 0.15) is 0 Å². The van der Waals surface area contributed by atoms with Gasteiger partial charge in [0.2, 0.25) is 0 Å². The van der Waals surface area contributed by atoms with Gasteiger partial charge in [-0.1, -0.05) is 6.42 Å². The Bertz CT molecular complexity index is 200. The first-order valence-electron chi connectivity index (χ1n) is 6.27. The number of rotatable bonds is 2. The van der Waals surface area contributed by atoms with Crippen molar-refractivity contribution in [3.8, 4) is 0 Å². The third-order valence-corrected chi connectivity index (χ3v) is 4.27. The van der Waals surface area contributed by atoms with Crippen LogP contribution < -0.4 is 0 Å². The summed E-state index contributed by atoms with van der Waals surface area (Å²) in [6.45, 7) is 1.34. The fourth-order valence-corrected chi connectivity index (χ4v) is 3.35. The van der Waals surface area contributed by atoms with E-state index in [9.17, 15) is 5.11 Å². The van der Waals surface area contributed by atoms with Crippen molar-refractivity contribution in [1.29, 1.82) is 0 Å². The predicted octanol–water partition coefficient (Wildman–Crippen LogP) is 1.77. The number of aliphatic hydroxyl groups is 1. The third kappa shape index (κ3) is 1.70. The van der Waals surface area contributed by atoms with E-state index in [-0.39, 0.29) is 6.10 Å². The molecule has 80 valence electrons. The minimum Gasteiger partial charge on any atom is -0.393 e. The molecule has 3 rings (SSSR count). The molecule has 0 aromatic carbocycles. The second-order valence-electron chi connectivity index (χ2n) is 5.50. The lowest BCUT2D eigenvalue weighted by Crippen LogP contribution is -2.53. The smallest absolute Gasteiger partial charge is 0.0570 e. The molecule has 2 heterocycles. The SMILES string of the molecule is OC1CC2CCCC(C1)N2CC1CC1. The lowest BCUT2D eigenvalue weighted by Gasteiger charge is -2.48. The van der Waals surface area contributed by atoms with E-state index in [0.29, 0.717) is 0 Å². The Morgan fingerprint density at radius 2 is 1.64 bits per heavy atom. The number of piperidine rings is 2. The second-order valence-corrected chi connectivity index (χ2v) is 5.50. The van der Waals surface area contributed by atoms with Gasteiger partial charge < -0.3 is 5.11 Å². The predicted molar refractivity (Wildman–Crippen MR) is 56.1 cm³/mol. The van der Waals surface area contributed by atoms with Crippen LogP contribution in [0, 0.1) is 5.92 Å². The molecule has 2 atom stereocenters. The van der Waals surface area contributed by atoms with Gasteiger partial charge in [-0.25, -0.2) is 0 Å². The minimum atomic E-state index is 0.000697. The van der Waals surface area contributed by atoms with Crippen LogP contribution in [0.1, 0.15) is 44.9 Å². The van der Waals surface area contributed by atoms with Crippen LogP contribution in [0.15, 0.2) is 0 Å². The molecule has 2 aliphatic heterocycles. The monoisotopic (exact) mass is 195 g/mol. The summed E-state index contributed by atoms with van der Waals surface area (Å²) in [5, 5.41) is 9.76. The van der Waals surface area contributed by atoms with E-state index < -0.39 is 0 Å². The summed E-state index contributed by atoms with van der Waals surface area (Å²) in [6.07, 6.45) is 9.06. The van der Waals surface area contributed by atoms with Crippen LogP contribution in [0.25, 0.3) is 0 Å². The van der Waals surface area contributed by atoms with Crippen molar-refractivity contribution in [1.82, 2.24) is 4.90 Å². The van der Waals surface area contributed by atoms with Crippen molar-refractivity contribution >= 4 is 0 Å². The third-order valence-electron chi connectivity index (χ3n) is 4.27. The highest BCUT2D eigenvalue weighted by Crippen LogP contribution is 2.38. The topological polar surface area (TPSA) is 23.5 Å². The van der Waals surface area contributed by atoms with Crippen LogP contribution in [0.3, 0.4) is 0 Å². The Hall–Kier alpha value is -0.0800. The highest BCUT2D eigenvalue weighted by Gasteiger charge is 2.39. The van der Waals surface area contributed by atoms with E-state index in [1.54, 1.807) is 0 Å². The van der Waals surface area contributed by atoms with Crippen LogP contribution >= 0.6 is 0 Å². The van der Waals surface area contributed by atoms with E-state index in [4.69, 9.17) is 0 Å². The number of hydrogen-bond donors (Lipinski definition) is 1. The molecule has 2 saturated heterocycles. The molecule has 0 aromatic rings. The van der Waals surface area contributed by atoms with Crippen molar-refractivity contribution in [3.63, 3.8) is 0 Å². The molecule has 0 spiro atoms.